The normalized spacial score (nSPS) is 11.8. The van der Waals surface area contributed by atoms with Crippen molar-refractivity contribution in [2.24, 2.45) is 0 Å². The summed E-state index contributed by atoms with van der Waals surface area (Å²) in [6.45, 7) is 7.63. The third kappa shape index (κ3) is 4.21. The van der Waals surface area contributed by atoms with E-state index in [1.807, 2.05) is 32.2 Å². The maximum absolute atomic E-state index is 11.7. The van der Waals surface area contributed by atoms with Crippen molar-refractivity contribution in [2.45, 2.75) is 40.2 Å². The minimum Gasteiger partial charge on any atom is -0.449 e. The van der Waals surface area contributed by atoms with Crippen LogP contribution in [0.15, 0.2) is 6.07 Å². The standard InChI is InChI=1S/C13H20N2O4S/c1-5-6-19-13(17)14-12(16)15(18)9(3)11-7-8(2)20-10(11)4/h7,9,18H,5-6H2,1-4H3,(H,14,16,17). The van der Waals surface area contributed by atoms with Gasteiger partial charge >= 0.3 is 12.1 Å². The number of carbonyl (C=O) groups is 2. The van der Waals surface area contributed by atoms with Gasteiger partial charge in [-0.1, -0.05) is 6.92 Å². The van der Waals surface area contributed by atoms with Crippen LogP contribution in [0.5, 0.6) is 0 Å². The van der Waals surface area contributed by atoms with Crippen LogP contribution in [0.4, 0.5) is 9.59 Å². The van der Waals surface area contributed by atoms with Crippen LogP contribution < -0.4 is 5.32 Å². The fraction of sp³-hybridized carbons (Fsp3) is 0.538. The van der Waals surface area contributed by atoms with Crippen LogP contribution in [0.1, 0.15) is 41.6 Å². The van der Waals surface area contributed by atoms with E-state index in [-0.39, 0.29) is 6.61 Å². The van der Waals surface area contributed by atoms with Gasteiger partial charge in [0.2, 0.25) is 0 Å². The molecule has 1 aromatic rings. The SMILES string of the molecule is CCCOC(=O)NC(=O)N(O)C(C)c1cc(C)sc1C. The number of amides is 3. The van der Waals surface area contributed by atoms with Crippen LogP contribution in [0, 0.1) is 13.8 Å². The molecule has 0 saturated heterocycles. The number of carbonyl (C=O) groups excluding carboxylic acids is 2. The Labute approximate surface area is 122 Å². The maximum Gasteiger partial charge on any atom is 0.415 e. The highest BCUT2D eigenvalue weighted by Gasteiger charge is 2.24. The summed E-state index contributed by atoms with van der Waals surface area (Å²) in [4.78, 5) is 25.1. The van der Waals surface area contributed by atoms with E-state index in [2.05, 4.69) is 0 Å². The Morgan fingerprint density at radius 1 is 1.50 bits per heavy atom. The predicted octanol–water partition coefficient (Wildman–Crippen LogP) is 3.37. The molecule has 112 valence electrons. The van der Waals surface area contributed by atoms with E-state index in [9.17, 15) is 14.8 Å². The van der Waals surface area contributed by atoms with Crippen LogP contribution >= 0.6 is 11.3 Å². The quantitative estimate of drug-likeness (QED) is 0.660. The number of hydrogen-bond acceptors (Lipinski definition) is 5. The first-order valence-corrected chi connectivity index (χ1v) is 7.21. The Bertz CT molecular complexity index is 487. The molecule has 0 aliphatic carbocycles. The van der Waals surface area contributed by atoms with Gasteiger partial charge in [0.05, 0.1) is 12.6 Å². The Morgan fingerprint density at radius 2 is 2.15 bits per heavy atom. The summed E-state index contributed by atoms with van der Waals surface area (Å²) in [6, 6.07) is 0.470. The number of hydrogen-bond donors (Lipinski definition) is 2. The topological polar surface area (TPSA) is 78.9 Å². The van der Waals surface area contributed by atoms with Crippen molar-refractivity contribution in [3.8, 4) is 0 Å². The lowest BCUT2D eigenvalue weighted by molar-refractivity contribution is -0.0740. The second-order valence-electron chi connectivity index (χ2n) is 4.46. The number of imide groups is 1. The number of nitrogens with one attached hydrogen (secondary N) is 1. The number of urea groups is 1. The van der Waals surface area contributed by atoms with Crippen LogP contribution in [0.3, 0.4) is 0 Å². The Morgan fingerprint density at radius 3 is 2.65 bits per heavy atom. The summed E-state index contributed by atoms with van der Waals surface area (Å²) >= 11 is 1.59. The summed E-state index contributed by atoms with van der Waals surface area (Å²) in [5.74, 6) is 0. The summed E-state index contributed by atoms with van der Waals surface area (Å²) < 4.78 is 4.72. The molecule has 7 heteroatoms. The molecule has 1 heterocycles. The molecule has 0 spiro atoms. The molecule has 0 bridgehead atoms. The van der Waals surface area contributed by atoms with Crippen LogP contribution in [-0.2, 0) is 4.74 Å². The van der Waals surface area contributed by atoms with Gasteiger partial charge in [0.15, 0.2) is 0 Å². The average molecular weight is 300 g/mol. The van der Waals surface area contributed by atoms with Gasteiger partial charge in [0.25, 0.3) is 0 Å². The predicted molar refractivity (Wildman–Crippen MR) is 76.0 cm³/mol. The summed E-state index contributed by atoms with van der Waals surface area (Å²) in [6.07, 6.45) is -0.199. The van der Waals surface area contributed by atoms with E-state index in [4.69, 9.17) is 4.74 Å². The van der Waals surface area contributed by atoms with E-state index in [1.165, 1.54) is 0 Å². The number of aryl methyl sites for hydroxylation is 2. The van der Waals surface area contributed by atoms with Gasteiger partial charge in [-0.05, 0) is 38.8 Å². The number of nitrogens with zero attached hydrogens (tertiary/aromatic N) is 1. The van der Waals surface area contributed by atoms with Crippen molar-refractivity contribution in [3.63, 3.8) is 0 Å². The van der Waals surface area contributed by atoms with Gasteiger partial charge < -0.3 is 4.74 Å². The molecule has 1 unspecified atom stereocenters. The zero-order chi connectivity index (χ0) is 15.3. The fourth-order valence-electron chi connectivity index (χ4n) is 1.75. The molecule has 3 amide bonds. The average Bonchev–Trinajstić information content (AvgIpc) is 2.73. The van der Waals surface area contributed by atoms with Crippen molar-refractivity contribution in [3.05, 3.63) is 21.4 Å². The number of hydroxylamine groups is 2. The van der Waals surface area contributed by atoms with Gasteiger partial charge in [0, 0.05) is 9.75 Å². The smallest absolute Gasteiger partial charge is 0.415 e. The Kier molecular flexibility index (Phi) is 5.97. The van der Waals surface area contributed by atoms with Crippen molar-refractivity contribution < 1.29 is 19.5 Å². The molecule has 1 aromatic heterocycles. The van der Waals surface area contributed by atoms with Crippen molar-refractivity contribution in [2.75, 3.05) is 6.61 Å². The van der Waals surface area contributed by atoms with E-state index >= 15 is 0 Å². The molecule has 1 atom stereocenters. The van der Waals surface area contributed by atoms with E-state index in [1.54, 1.807) is 18.3 Å². The van der Waals surface area contributed by atoms with Gasteiger partial charge in [0.1, 0.15) is 0 Å². The molecule has 6 nitrogen and oxygen atoms in total. The van der Waals surface area contributed by atoms with Gasteiger partial charge in [-0.25, -0.2) is 14.9 Å². The fourth-order valence-corrected chi connectivity index (χ4v) is 2.76. The lowest BCUT2D eigenvalue weighted by Gasteiger charge is -2.22. The van der Waals surface area contributed by atoms with Crippen LogP contribution in [0.25, 0.3) is 0 Å². The number of rotatable bonds is 4. The highest BCUT2D eigenvalue weighted by atomic mass is 32.1. The number of thiophene rings is 1. The molecule has 1 rings (SSSR count). The zero-order valence-corrected chi connectivity index (χ0v) is 12.9. The van der Waals surface area contributed by atoms with Crippen molar-refractivity contribution in [1.29, 1.82) is 0 Å². The Hall–Kier alpha value is -1.60. The molecule has 0 fully saturated rings. The second kappa shape index (κ2) is 7.25. The van der Waals surface area contributed by atoms with Gasteiger partial charge in [-0.15, -0.1) is 11.3 Å². The van der Waals surface area contributed by atoms with Gasteiger partial charge in [-0.2, -0.15) is 5.06 Å². The van der Waals surface area contributed by atoms with Crippen LogP contribution in [-0.4, -0.2) is 29.0 Å². The molecule has 0 aliphatic heterocycles. The highest BCUT2D eigenvalue weighted by Crippen LogP contribution is 2.29. The first-order chi connectivity index (χ1) is 9.36. The molecule has 2 N–H and O–H groups in total. The molecular formula is C13H20N2O4S. The van der Waals surface area contributed by atoms with Crippen LogP contribution in [0.2, 0.25) is 0 Å². The molecule has 0 radical (unpaired) electrons. The largest absolute Gasteiger partial charge is 0.449 e. The maximum atomic E-state index is 11.7. The number of ether oxygens (including phenoxy) is 1. The van der Waals surface area contributed by atoms with E-state index < -0.39 is 18.2 Å². The van der Waals surface area contributed by atoms with Crippen molar-refractivity contribution in [1.82, 2.24) is 10.4 Å². The lowest BCUT2D eigenvalue weighted by atomic mass is 10.1. The van der Waals surface area contributed by atoms with E-state index in [0.29, 0.717) is 11.5 Å². The minimum absolute atomic E-state index is 0.225. The molecular weight excluding hydrogens is 280 g/mol. The third-order valence-electron chi connectivity index (χ3n) is 2.75. The third-order valence-corrected chi connectivity index (χ3v) is 3.73. The number of alkyl carbamates (subject to hydrolysis) is 1. The summed E-state index contributed by atoms with van der Waals surface area (Å²) in [5.41, 5.74) is 0.854. The van der Waals surface area contributed by atoms with Crippen molar-refractivity contribution >= 4 is 23.5 Å². The Balaban J connectivity index is 2.64. The minimum atomic E-state index is -0.901. The van der Waals surface area contributed by atoms with E-state index in [0.717, 1.165) is 15.3 Å². The second-order valence-corrected chi connectivity index (χ2v) is 5.92. The summed E-state index contributed by atoms with van der Waals surface area (Å²) in [7, 11) is 0. The molecule has 0 saturated carbocycles. The first kappa shape index (κ1) is 16.5. The summed E-state index contributed by atoms with van der Waals surface area (Å²) in [5, 5.41) is 12.3. The first-order valence-electron chi connectivity index (χ1n) is 6.39. The molecule has 0 aromatic carbocycles. The van der Waals surface area contributed by atoms with Gasteiger partial charge in [-0.3, -0.25) is 5.21 Å². The monoisotopic (exact) mass is 300 g/mol. The lowest BCUT2D eigenvalue weighted by Crippen LogP contribution is -2.42. The zero-order valence-electron chi connectivity index (χ0n) is 12.1. The molecule has 0 aliphatic rings. The highest BCUT2D eigenvalue weighted by molar-refractivity contribution is 7.12. The molecule has 20 heavy (non-hydrogen) atoms.